The lowest BCUT2D eigenvalue weighted by molar-refractivity contribution is -0.165. The first-order valence-electron chi connectivity index (χ1n) is 5.35. The molecule has 1 N–H and O–H groups in total. The van der Waals surface area contributed by atoms with Crippen LogP contribution < -0.4 is 0 Å². The number of aliphatic hydroxyl groups is 1. The van der Waals surface area contributed by atoms with Crippen LogP contribution >= 0.6 is 0 Å². The van der Waals surface area contributed by atoms with E-state index >= 15 is 0 Å². The molecule has 0 aromatic carbocycles. The number of aliphatic hydroxyl groups excluding tert-OH is 1. The molecule has 1 heterocycles. The normalized spacial score (nSPS) is 24.5. The van der Waals surface area contributed by atoms with Crippen LogP contribution in [0.25, 0.3) is 0 Å². The number of rotatable bonds is 6. The second kappa shape index (κ2) is 6.98. The Morgan fingerprint density at radius 1 is 1.57 bits per heavy atom. The topological polar surface area (TPSA) is 38.7 Å². The second-order valence-corrected chi connectivity index (χ2v) is 3.63. The Labute approximate surface area is 85.7 Å². The average Bonchev–Trinajstić information content (AvgIpc) is 2.20. The zero-order valence-corrected chi connectivity index (χ0v) is 8.65. The minimum absolute atomic E-state index is 0.0420. The Balaban J connectivity index is 1.99. The smallest absolute Gasteiger partial charge is 0.157 e. The molecule has 82 valence electrons. The molecule has 14 heavy (non-hydrogen) atoms. The van der Waals surface area contributed by atoms with E-state index in [1.165, 1.54) is 6.42 Å². The third-order valence-corrected chi connectivity index (χ3v) is 2.33. The van der Waals surface area contributed by atoms with Crippen LogP contribution in [-0.2, 0) is 9.47 Å². The van der Waals surface area contributed by atoms with E-state index in [1.54, 1.807) is 6.08 Å². The van der Waals surface area contributed by atoms with Crippen molar-refractivity contribution in [1.29, 1.82) is 0 Å². The van der Waals surface area contributed by atoms with Gasteiger partial charge in [-0.1, -0.05) is 6.08 Å². The standard InChI is InChI=1S/C11H20O3/c1-2-5-10(12)7-9-14-11-6-3-4-8-13-11/h2,10-12H,1,3-9H2/t10-,11?/m0/s1. The Hall–Kier alpha value is -0.380. The zero-order valence-electron chi connectivity index (χ0n) is 8.65. The highest BCUT2D eigenvalue weighted by Crippen LogP contribution is 2.14. The van der Waals surface area contributed by atoms with Crippen LogP contribution in [0.15, 0.2) is 12.7 Å². The summed E-state index contributed by atoms with van der Waals surface area (Å²) in [5, 5.41) is 9.39. The van der Waals surface area contributed by atoms with Crippen molar-refractivity contribution in [2.24, 2.45) is 0 Å². The van der Waals surface area contributed by atoms with Crippen LogP contribution in [0.2, 0.25) is 0 Å². The molecule has 0 spiro atoms. The van der Waals surface area contributed by atoms with E-state index in [0.29, 0.717) is 19.4 Å². The van der Waals surface area contributed by atoms with Crippen molar-refractivity contribution in [2.45, 2.75) is 44.5 Å². The summed E-state index contributed by atoms with van der Waals surface area (Å²) in [6.45, 7) is 4.95. The van der Waals surface area contributed by atoms with Gasteiger partial charge in [-0.05, 0) is 32.1 Å². The molecular weight excluding hydrogens is 180 g/mol. The van der Waals surface area contributed by atoms with Gasteiger partial charge in [-0.25, -0.2) is 0 Å². The lowest BCUT2D eigenvalue weighted by Gasteiger charge is -2.23. The summed E-state index contributed by atoms with van der Waals surface area (Å²) in [6, 6.07) is 0. The molecule has 0 bridgehead atoms. The van der Waals surface area contributed by atoms with Crippen LogP contribution in [-0.4, -0.2) is 30.7 Å². The number of hydrogen-bond donors (Lipinski definition) is 1. The largest absolute Gasteiger partial charge is 0.393 e. The molecule has 3 nitrogen and oxygen atoms in total. The van der Waals surface area contributed by atoms with Gasteiger partial charge in [0, 0.05) is 6.61 Å². The van der Waals surface area contributed by atoms with Crippen molar-refractivity contribution < 1.29 is 14.6 Å². The van der Waals surface area contributed by atoms with Gasteiger partial charge in [-0.15, -0.1) is 6.58 Å². The lowest BCUT2D eigenvalue weighted by atomic mass is 10.2. The first-order valence-corrected chi connectivity index (χ1v) is 5.35. The van der Waals surface area contributed by atoms with Crippen molar-refractivity contribution in [3.63, 3.8) is 0 Å². The highest BCUT2D eigenvalue weighted by Gasteiger charge is 2.14. The van der Waals surface area contributed by atoms with E-state index < -0.39 is 0 Å². The van der Waals surface area contributed by atoms with E-state index in [9.17, 15) is 5.11 Å². The summed E-state index contributed by atoms with van der Waals surface area (Å²) in [4.78, 5) is 0. The molecule has 1 aliphatic heterocycles. The molecule has 0 aromatic heterocycles. The highest BCUT2D eigenvalue weighted by molar-refractivity contribution is 4.71. The van der Waals surface area contributed by atoms with Gasteiger partial charge in [0.1, 0.15) is 0 Å². The van der Waals surface area contributed by atoms with Gasteiger partial charge in [0.05, 0.1) is 12.7 Å². The Morgan fingerprint density at radius 2 is 2.43 bits per heavy atom. The van der Waals surface area contributed by atoms with Crippen molar-refractivity contribution in [1.82, 2.24) is 0 Å². The van der Waals surface area contributed by atoms with E-state index in [-0.39, 0.29) is 12.4 Å². The molecule has 1 unspecified atom stereocenters. The van der Waals surface area contributed by atoms with Crippen LogP contribution in [0, 0.1) is 0 Å². The molecule has 1 rings (SSSR count). The molecule has 1 saturated heterocycles. The molecular formula is C11H20O3. The highest BCUT2D eigenvalue weighted by atomic mass is 16.7. The van der Waals surface area contributed by atoms with Gasteiger partial charge in [0.2, 0.25) is 0 Å². The molecule has 1 aliphatic rings. The molecule has 0 aromatic rings. The van der Waals surface area contributed by atoms with Crippen molar-refractivity contribution in [2.75, 3.05) is 13.2 Å². The first kappa shape index (κ1) is 11.7. The quantitative estimate of drug-likeness (QED) is 0.665. The molecule has 0 aliphatic carbocycles. The molecule has 3 heteroatoms. The van der Waals surface area contributed by atoms with Crippen LogP contribution in [0.1, 0.15) is 32.1 Å². The van der Waals surface area contributed by atoms with E-state index in [0.717, 1.165) is 19.4 Å². The summed E-state index contributed by atoms with van der Waals surface area (Å²) in [7, 11) is 0. The second-order valence-electron chi connectivity index (χ2n) is 3.63. The first-order chi connectivity index (χ1) is 6.83. The van der Waals surface area contributed by atoms with Crippen molar-refractivity contribution >= 4 is 0 Å². The third kappa shape index (κ3) is 4.74. The van der Waals surface area contributed by atoms with Gasteiger partial charge in [-0.3, -0.25) is 0 Å². The van der Waals surface area contributed by atoms with Gasteiger partial charge >= 0.3 is 0 Å². The zero-order chi connectivity index (χ0) is 10.2. The Bertz CT molecular complexity index is 153. The predicted octanol–water partition coefficient (Wildman–Crippen LogP) is 1.86. The minimum atomic E-state index is -0.323. The van der Waals surface area contributed by atoms with Gasteiger partial charge in [-0.2, -0.15) is 0 Å². The fraction of sp³-hybridized carbons (Fsp3) is 0.818. The summed E-state index contributed by atoms with van der Waals surface area (Å²) in [6.07, 6.45) is 5.95. The summed E-state index contributed by atoms with van der Waals surface area (Å²) < 4.78 is 10.9. The number of hydrogen-bond acceptors (Lipinski definition) is 3. The molecule has 2 atom stereocenters. The maximum atomic E-state index is 9.39. The fourth-order valence-corrected chi connectivity index (χ4v) is 1.49. The van der Waals surface area contributed by atoms with Crippen LogP contribution in [0.3, 0.4) is 0 Å². The molecule has 0 amide bonds. The van der Waals surface area contributed by atoms with Gasteiger partial charge in [0.15, 0.2) is 6.29 Å². The van der Waals surface area contributed by atoms with E-state index in [4.69, 9.17) is 9.47 Å². The summed E-state index contributed by atoms with van der Waals surface area (Å²) in [5.41, 5.74) is 0. The molecule has 0 radical (unpaired) electrons. The monoisotopic (exact) mass is 200 g/mol. The van der Waals surface area contributed by atoms with Gasteiger partial charge in [0.25, 0.3) is 0 Å². The van der Waals surface area contributed by atoms with Crippen LogP contribution in [0.5, 0.6) is 0 Å². The third-order valence-electron chi connectivity index (χ3n) is 2.33. The van der Waals surface area contributed by atoms with Crippen LogP contribution in [0.4, 0.5) is 0 Å². The predicted molar refractivity (Wildman–Crippen MR) is 55.0 cm³/mol. The average molecular weight is 200 g/mol. The molecule has 1 fully saturated rings. The Kier molecular flexibility index (Phi) is 5.83. The van der Waals surface area contributed by atoms with Gasteiger partial charge < -0.3 is 14.6 Å². The van der Waals surface area contributed by atoms with Crippen molar-refractivity contribution in [3.05, 3.63) is 12.7 Å². The van der Waals surface area contributed by atoms with Crippen molar-refractivity contribution in [3.8, 4) is 0 Å². The van der Waals surface area contributed by atoms with E-state index in [1.807, 2.05) is 0 Å². The SMILES string of the molecule is C=CC[C@H](O)CCOC1CCCCO1. The minimum Gasteiger partial charge on any atom is -0.393 e. The van der Waals surface area contributed by atoms with E-state index in [2.05, 4.69) is 6.58 Å². The fourth-order valence-electron chi connectivity index (χ4n) is 1.49. The number of ether oxygens (including phenoxy) is 2. The maximum absolute atomic E-state index is 9.39. The lowest BCUT2D eigenvalue weighted by Crippen LogP contribution is -2.23. The summed E-state index contributed by atoms with van der Waals surface area (Å²) >= 11 is 0. The maximum Gasteiger partial charge on any atom is 0.157 e. The summed E-state index contributed by atoms with van der Waals surface area (Å²) in [5.74, 6) is 0. The molecule has 0 saturated carbocycles. The Morgan fingerprint density at radius 3 is 3.07 bits per heavy atom.